The van der Waals surface area contributed by atoms with E-state index < -0.39 is 0 Å². The van der Waals surface area contributed by atoms with Gasteiger partial charge in [-0.05, 0) is 11.7 Å². The Kier molecular flexibility index (Phi) is 4.38. The van der Waals surface area contributed by atoms with Crippen molar-refractivity contribution < 1.29 is 0 Å². The minimum Gasteiger partial charge on any atom is -0.274 e. The summed E-state index contributed by atoms with van der Waals surface area (Å²) >= 11 is 0. The second-order valence-electron chi connectivity index (χ2n) is 1.62. The Labute approximate surface area is 64.1 Å². The van der Waals surface area contributed by atoms with Crippen molar-refractivity contribution in [2.45, 2.75) is 0 Å². The highest BCUT2D eigenvalue weighted by Gasteiger charge is 1.84. The first kappa shape index (κ1) is 9.02. The van der Waals surface area contributed by atoms with E-state index in [4.69, 9.17) is 15.7 Å². The fourth-order valence-electron chi connectivity index (χ4n) is 0.267. The molecular formula is C7H7B2N. The zero-order valence-corrected chi connectivity index (χ0v) is 5.75. The number of hydrogen-bond acceptors (Lipinski definition) is 1. The van der Waals surface area contributed by atoms with Crippen molar-refractivity contribution in [3.8, 4) is 0 Å². The molecule has 0 bridgehead atoms. The van der Waals surface area contributed by atoms with Gasteiger partial charge in [-0.3, -0.25) is 4.99 Å². The third-order valence-corrected chi connectivity index (χ3v) is 0.765. The minimum atomic E-state index is 0.234. The van der Waals surface area contributed by atoms with Gasteiger partial charge in [0.2, 0.25) is 0 Å². The lowest BCUT2D eigenvalue weighted by Crippen LogP contribution is -1.99. The van der Waals surface area contributed by atoms with E-state index in [2.05, 4.69) is 18.2 Å². The van der Waals surface area contributed by atoms with Gasteiger partial charge in [0, 0.05) is 6.20 Å². The largest absolute Gasteiger partial charge is 0.274 e. The van der Waals surface area contributed by atoms with Crippen molar-refractivity contribution in [1.82, 2.24) is 0 Å². The molecule has 0 aromatic rings. The van der Waals surface area contributed by atoms with Crippen molar-refractivity contribution in [1.29, 1.82) is 0 Å². The molecule has 0 aliphatic rings. The van der Waals surface area contributed by atoms with Gasteiger partial charge in [-0.2, -0.15) is 0 Å². The van der Waals surface area contributed by atoms with Gasteiger partial charge in [0.15, 0.2) is 0 Å². The molecule has 0 saturated carbocycles. The van der Waals surface area contributed by atoms with Crippen LogP contribution in [-0.2, 0) is 0 Å². The van der Waals surface area contributed by atoms with Gasteiger partial charge in [-0.1, -0.05) is 18.1 Å². The standard InChI is InChI=1S/C7H7B2N/c1-3-4-5-10-7(9)6(2)8/h3-5H,1-2H2/b5-4-,10-7?. The van der Waals surface area contributed by atoms with Crippen LogP contribution in [0.15, 0.2) is 42.0 Å². The van der Waals surface area contributed by atoms with Crippen molar-refractivity contribution in [3.63, 3.8) is 0 Å². The maximum absolute atomic E-state index is 5.30. The van der Waals surface area contributed by atoms with Crippen molar-refractivity contribution >= 4 is 21.3 Å². The van der Waals surface area contributed by atoms with E-state index in [-0.39, 0.29) is 11.1 Å². The second kappa shape index (κ2) is 4.86. The Balaban J connectivity index is 4.04. The third-order valence-electron chi connectivity index (χ3n) is 0.765. The normalized spacial score (nSPS) is 11.8. The smallest absolute Gasteiger partial charge is 0.140 e. The molecule has 0 rings (SSSR count). The van der Waals surface area contributed by atoms with E-state index in [1.165, 1.54) is 6.20 Å². The summed E-state index contributed by atoms with van der Waals surface area (Å²) in [7, 11) is 10.5. The zero-order chi connectivity index (χ0) is 7.98. The molecule has 0 saturated heterocycles. The number of nitrogens with zero attached hydrogens (tertiary/aromatic N) is 1. The lowest BCUT2D eigenvalue weighted by molar-refractivity contribution is 1.58. The van der Waals surface area contributed by atoms with Crippen LogP contribution >= 0.6 is 0 Å². The Bertz CT molecular complexity index is 192. The van der Waals surface area contributed by atoms with E-state index >= 15 is 0 Å². The van der Waals surface area contributed by atoms with Crippen molar-refractivity contribution in [2.24, 2.45) is 4.99 Å². The minimum absolute atomic E-state index is 0.234. The summed E-state index contributed by atoms with van der Waals surface area (Å²) in [6, 6.07) is 0. The Hall–Kier alpha value is -0.980. The van der Waals surface area contributed by atoms with Gasteiger partial charge in [0.1, 0.15) is 15.7 Å². The van der Waals surface area contributed by atoms with Crippen LogP contribution in [0.5, 0.6) is 0 Å². The van der Waals surface area contributed by atoms with Crippen LogP contribution in [-0.4, -0.2) is 21.3 Å². The summed E-state index contributed by atoms with van der Waals surface area (Å²) in [6.45, 7) is 6.85. The van der Waals surface area contributed by atoms with E-state index in [0.29, 0.717) is 0 Å². The predicted octanol–water partition coefficient (Wildman–Crippen LogP) is 0.935. The zero-order valence-electron chi connectivity index (χ0n) is 5.75. The lowest BCUT2D eigenvalue weighted by atomic mass is 9.82. The van der Waals surface area contributed by atoms with Gasteiger partial charge < -0.3 is 0 Å². The number of allylic oxidation sites excluding steroid dienone is 3. The summed E-state index contributed by atoms with van der Waals surface area (Å²) in [4.78, 5) is 3.73. The molecule has 3 heteroatoms. The van der Waals surface area contributed by atoms with Crippen LogP contribution < -0.4 is 0 Å². The molecule has 1 nitrogen and oxygen atoms in total. The number of aliphatic imine (C=N–C) groups is 1. The van der Waals surface area contributed by atoms with Crippen LogP contribution in [0.2, 0.25) is 0 Å². The van der Waals surface area contributed by atoms with Crippen LogP contribution in [0, 0.1) is 0 Å². The first-order valence-corrected chi connectivity index (χ1v) is 2.74. The molecule has 0 fully saturated rings. The molecule has 0 spiro atoms. The summed E-state index contributed by atoms with van der Waals surface area (Å²) in [6.07, 6.45) is 4.74. The molecule has 0 aromatic heterocycles. The van der Waals surface area contributed by atoms with Gasteiger partial charge in [0.05, 0.1) is 0 Å². The third kappa shape index (κ3) is 3.96. The summed E-state index contributed by atoms with van der Waals surface area (Å²) < 4.78 is 0. The molecule has 0 aliphatic heterocycles. The topological polar surface area (TPSA) is 12.4 Å². The summed E-state index contributed by atoms with van der Waals surface area (Å²) in [5.41, 5.74) is 0.506. The summed E-state index contributed by atoms with van der Waals surface area (Å²) in [5, 5.41) is 0. The van der Waals surface area contributed by atoms with Crippen molar-refractivity contribution in [2.75, 3.05) is 0 Å². The highest BCUT2D eigenvalue weighted by molar-refractivity contribution is 6.70. The van der Waals surface area contributed by atoms with E-state index in [1.54, 1.807) is 12.2 Å². The van der Waals surface area contributed by atoms with Gasteiger partial charge in [0.25, 0.3) is 0 Å². The summed E-state index contributed by atoms with van der Waals surface area (Å²) in [5.74, 6) is 0. The number of rotatable bonds is 3. The molecule has 0 aliphatic carbocycles. The SMILES string of the molecule is [B]C(=C)C([B])=N/C=C\C=C. The first-order valence-electron chi connectivity index (χ1n) is 2.74. The first-order chi connectivity index (χ1) is 4.68. The average Bonchev–Trinajstić information content (AvgIpc) is 1.88. The van der Waals surface area contributed by atoms with E-state index in [9.17, 15) is 0 Å². The van der Waals surface area contributed by atoms with Gasteiger partial charge in [-0.25, -0.2) is 0 Å². The van der Waals surface area contributed by atoms with Crippen LogP contribution in [0.25, 0.3) is 0 Å². The molecule has 0 heterocycles. The predicted molar refractivity (Wildman–Crippen MR) is 47.4 cm³/mol. The van der Waals surface area contributed by atoms with Crippen LogP contribution in [0.3, 0.4) is 0 Å². The highest BCUT2D eigenvalue weighted by Crippen LogP contribution is 1.85. The quantitative estimate of drug-likeness (QED) is 0.303. The molecule has 0 unspecified atom stereocenters. The lowest BCUT2D eigenvalue weighted by Gasteiger charge is -1.93. The molecule has 0 N–H and O–H groups in total. The van der Waals surface area contributed by atoms with Crippen LogP contribution in [0.4, 0.5) is 0 Å². The molecular weight excluding hydrogens is 120 g/mol. The molecule has 0 atom stereocenters. The average molecular weight is 127 g/mol. The maximum Gasteiger partial charge on any atom is 0.140 e. The van der Waals surface area contributed by atoms with E-state index in [1.807, 2.05) is 0 Å². The number of hydrogen-bond donors (Lipinski definition) is 0. The van der Waals surface area contributed by atoms with Crippen LogP contribution in [0.1, 0.15) is 0 Å². The Morgan fingerprint density at radius 3 is 2.40 bits per heavy atom. The Morgan fingerprint density at radius 1 is 1.40 bits per heavy atom. The molecule has 0 aromatic carbocycles. The molecule has 4 radical (unpaired) electrons. The molecule has 10 heavy (non-hydrogen) atoms. The van der Waals surface area contributed by atoms with Crippen molar-refractivity contribution in [3.05, 3.63) is 37.0 Å². The molecule has 46 valence electrons. The maximum atomic E-state index is 5.30. The monoisotopic (exact) mass is 127 g/mol. The Morgan fingerprint density at radius 2 is 2.00 bits per heavy atom. The van der Waals surface area contributed by atoms with Gasteiger partial charge >= 0.3 is 0 Å². The fraction of sp³-hybridized carbons (Fsp3) is 0. The van der Waals surface area contributed by atoms with E-state index in [0.717, 1.165) is 0 Å². The van der Waals surface area contributed by atoms with Gasteiger partial charge in [-0.15, -0.1) is 6.58 Å². The highest BCUT2D eigenvalue weighted by atomic mass is 14.7. The fourth-order valence-corrected chi connectivity index (χ4v) is 0.267. The second-order valence-corrected chi connectivity index (χ2v) is 1.62. The molecule has 0 amide bonds.